The Bertz CT molecular complexity index is 356. The Hall–Kier alpha value is -0.890. The third-order valence-electron chi connectivity index (χ3n) is 3.89. The fraction of sp³-hybridized carbons (Fsp3) is 0.571. The molecule has 1 saturated carbocycles. The molecular weight excluding hydrogens is 201 g/mol. The predicted molar refractivity (Wildman–Crippen MR) is 65.0 cm³/mol. The lowest BCUT2D eigenvalue weighted by Crippen LogP contribution is -2.47. The van der Waals surface area contributed by atoms with Crippen LogP contribution in [0.3, 0.4) is 0 Å². The first-order valence-electron chi connectivity index (χ1n) is 6.11. The molecule has 0 aliphatic heterocycles. The van der Waals surface area contributed by atoms with Crippen LogP contribution in [-0.4, -0.2) is 13.6 Å². The average molecular weight is 221 g/mol. The summed E-state index contributed by atoms with van der Waals surface area (Å²) in [4.78, 5) is 0. The maximum absolute atomic E-state index is 13.3. The third-order valence-corrected chi connectivity index (χ3v) is 3.89. The Morgan fingerprint density at radius 3 is 2.75 bits per heavy atom. The van der Waals surface area contributed by atoms with Gasteiger partial charge in [0.25, 0.3) is 0 Å². The molecule has 0 unspecified atom stereocenters. The Labute approximate surface area is 97.1 Å². The molecule has 1 N–H and O–H groups in total. The van der Waals surface area contributed by atoms with Gasteiger partial charge in [-0.25, -0.2) is 4.39 Å². The van der Waals surface area contributed by atoms with Crippen LogP contribution in [0.15, 0.2) is 24.3 Å². The van der Waals surface area contributed by atoms with E-state index >= 15 is 0 Å². The summed E-state index contributed by atoms with van der Waals surface area (Å²) in [5.74, 6) is 0.699. The van der Waals surface area contributed by atoms with E-state index in [1.165, 1.54) is 25.3 Å². The second-order valence-corrected chi connectivity index (χ2v) is 5.00. The second kappa shape index (κ2) is 4.54. The minimum atomic E-state index is -0.118. The normalized spacial score (nSPS) is 28.8. The molecule has 2 rings (SSSR count). The van der Waals surface area contributed by atoms with E-state index in [0.717, 1.165) is 18.0 Å². The van der Waals surface area contributed by atoms with Crippen molar-refractivity contribution in [2.75, 3.05) is 13.6 Å². The van der Waals surface area contributed by atoms with Crippen molar-refractivity contribution in [2.24, 2.45) is 5.92 Å². The van der Waals surface area contributed by atoms with Gasteiger partial charge >= 0.3 is 0 Å². The molecule has 0 heterocycles. The van der Waals surface area contributed by atoms with Crippen molar-refractivity contribution in [2.45, 2.75) is 31.6 Å². The van der Waals surface area contributed by atoms with Crippen LogP contribution >= 0.6 is 0 Å². The van der Waals surface area contributed by atoms with Crippen LogP contribution in [0.4, 0.5) is 4.39 Å². The molecule has 0 spiro atoms. The molecule has 0 aromatic heterocycles. The topological polar surface area (TPSA) is 12.0 Å². The number of nitrogens with one attached hydrogen (secondary N) is 1. The molecular formula is C14H20FN. The molecule has 88 valence electrons. The SMILES string of the molecule is CCC1CC(CNC)(c2cccc(F)c2)C1. The molecule has 0 atom stereocenters. The fourth-order valence-corrected chi connectivity index (χ4v) is 2.97. The van der Waals surface area contributed by atoms with Crippen molar-refractivity contribution in [1.29, 1.82) is 0 Å². The summed E-state index contributed by atoms with van der Waals surface area (Å²) >= 11 is 0. The zero-order chi connectivity index (χ0) is 11.6. The van der Waals surface area contributed by atoms with Gasteiger partial charge in [0, 0.05) is 12.0 Å². The van der Waals surface area contributed by atoms with E-state index in [9.17, 15) is 4.39 Å². The van der Waals surface area contributed by atoms with Gasteiger partial charge in [-0.3, -0.25) is 0 Å². The Kier molecular flexibility index (Phi) is 3.29. The lowest BCUT2D eigenvalue weighted by molar-refractivity contribution is 0.136. The molecule has 0 amide bonds. The third kappa shape index (κ3) is 1.99. The highest BCUT2D eigenvalue weighted by atomic mass is 19.1. The Balaban J connectivity index is 2.21. The maximum Gasteiger partial charge on any atom is 0.123 e. The van der Waals surface area contributed by atoms with Crippen LogP contribution in [0.5, 0.6) is 0 Å². The molecule has 2 heteroatoms. The van der Waals surface area contributed by atoms with Gasteiger partial charge in [-0.2, -0.15) is 0 Å². The zero-order valence-electron chi connectivity index (χ0n) is 10.1. The van der Waals surface area contributed by atoms with Gasteiger partial charge in [0.1, 0.15) is 5.82 Å². The minimum absolute atomic E-state index is 0.118. The number of benzene rings is 1. The largest absolute Gasteiger partial charge is 0.319 e. The van der Waals surface area contributed by atoms with Gasteiger partial charge in [-0.15, -0.1) is 0 Å². The van der Waals surface area contributed by atoms with Crippen LogP contribution in [0.2, 0.25) is 0 Å². The number of halogens is 1. The van der Waals surface area contributed by atoms with E-state index in [1.54, 1.807) is 6.07 Å². The van der Waals surface area contributed by atoms with E-state index in [2.05, 4.69) is 18.3 Å². The van der Waals surface area contributed by atoms with E-state index in [0.29, 0.717) is 0 Å². The number of likely N-dealkylation sites (N-methyl/N-ethyl adjacent to an activating group) is 1. The molecule has 0 saturated heterocycles. The Morgan fingerprint density at radius 1 is 1.44 bits per heavy atom. The highest BCUT2D eigenvalue weighted by molar-refractivity contribution is 5.30. The lowest BCUT2D eigenvalue weighted by Gasteiger charge is -2.48. The van der Waals surface area contributed by atoms with E-state index in [4.69, 9.17) is 0 Å². The smallest absolute Gasteiger partial charge is 0.123 e. The maximum atomic E-state index is 13.3. The van der Waals surface area contributed by atoms with Gasteiger partial charge in [-0.05, 0) is 43.5 Å². The van der Waals surface area contributed by atoms with Gasteiger partial charge in [0.2, 0.25) is 0 Å². The van der Waals surface area contributed by atoms with Gasteiger partial charge in [0.05, 0.1) is 0 Å². The van der Waals surface area contributed by atoms with Crippen molar-refractivity contribution in [1.82, 2.24) is 5.32 Å². The molecule has 16 heavy (non-hydrogen) atoms. The molecule has 1 fully saturated rings. The molecule has 1 aliphatic carbocycles. The lowest BCUT2D eigenvalue weighted by atomic mass is 9.58. The second-order valence-electron chi connectivity index (χ2n) is 5.00. The first kappa shape index (κ1) is 11.6. The monoisotopic (exact) mass is 221 g/mol. The van der Waals surface area contributed by atoms with Crippen LogP contribution in [0.1, 0.15) is 31.7 Å². The van der Waals surface area contributed by atoms with Crippen LogP contribution < -0.4 is 5.32 Å². The molecule has 1 aromatic rings. The molecule has 0 radical (unpaired) electrons. The molecule has 1 aromatic carbocycles. The van der Waals surface area contributed by atoms with E-state index in [1.807, 2.05) is 13.1 Å². The van der Waals surface area contributed by atoms with E-state index in [-0.39, 0.29) is 11.2 Å². The van der Waals surface area contributed by atoms with E-state index < -0.39 is 0 Å². The molecule has 1 aliphatic rings. The number of rotatable bonds is 4. The van der Waals surface area contributed by atoms with Crippen molar-refractivity contribution in [3.8, 4) is 0 Å². The van der Waals surface area contributed by atoms with Crippen molar-refractivity contribution >= 4 is 0 Å². The summed E-state index contributed by atoms with van der Waals surface area (Å²) < 4.78 is 13.3. The summed E-state index contributed by atoms with van der Waals surface area (Å²) in [5.41, 5.74) is 1.34. The summed E-state index contributed by atoms with van der Waals surface area (Å²) in [5, 5.41) is 3.25. The van der Waals surface area contributed by atoms with Crippen molar-refractivity contribution in [3.05, 3.63) is 35.6 Å². The van der Waals surface area contributed by atoms with Crippen LogP contribution in [0, 0.1) is 11.7 Å². The Morgan fingerprint density at radius 2 is 2.19 bits per heavy atom. The van der Waals surface area contributed by atoms with Gasteiger partial charge in [-0.1, -0.05) is 25.5 Å². The minimum Gasteiger partial charge on any atom is -0.319 e. The van der Waals surface area contributed by atoms with Gasteiger partial charge in [0.15, 0.2) is 0 Å². The zero-order valence-corrected chi connectivity index (χ0v) is 10.1. The first-order valence-corrected chi connectivity index (χ1v) is 6.11. The summed E-state index contributed by atoms with van der Waals surface area (Å²) in [6, 6.07) is 7.10. The van der Waals surface area contributed by atoms with Crippen LogP contribution in [-0.2, 0) is 5.41 Å². The first-order chi connectivity index (χ1) is 7.70. The summed E-state index contributed by atoms with van der Waals surface area (Å²) in [6.45, 7) is 3.19. The highest BCUT2D eigenvalue weighted by Crippen LogP contribution is 2.48. The molecule has 1 nitrogen and oxygen atoms in total. The van der Waals surface area contributed by atoms with Gasteiger partial charge < -0.3 is 5.32 Å². The molecule has 0 bridgehead atoms. The predicted octanol–water partition coefficient (Wildman–Crippen LogP) is 3.10. The average Bonchev–Trinajstić information content (AvgIpc) is 2.23. The quantitative estimate of drug-likeness (QED) is 0.823. The standard InChI is InChI=1S/C14H20FN/c1-3-11-8-14(9-11,10-16-2)12-5-4-6-13(15)7-12/h4-7,11,16H,3,8-10H2,1-2H3. The summed E-state index contributed by atoms with van der Waals surface area (Å²) in [7, 11) is 1.97. The van der Waals surface area contributed by atoms with Crippen molar-refractivity contribution < 1.29 is 4.39 Å². The van der Waals surface area contributed by atoms with Crippen molar-refractivity contribution in [3.63, 3.8) is 0 Å². The highest BCUT2D eigenvalue weighted by Gasteiger charge is 2.43. The summed E-state index contributed by atoms with van der Waals surface area (Å²) in [6.07, 6.45) is 3.61. The number of hydrogen-bond donors (Lipinski definition) is 1. The number of hydrogen-bond acceptors (Lipinski definition) is 1. The van der Waals surface area contributed by atoms with Crippen LogP contribution in [0.25, 0.3) is 0 Å². The fourth-order valence-electron chi connectivity index (χ4n) is 2.97.